The quantitative estimate of drug-likeness (QED) is 0.661. The average molecular weight is 483 g/mol. The van der Waals surface area contributed by atoms with E-state index in [4.69, 9.17) is 0 Å². The number of carbonyl (C=O) groups excluding carboxylic acids is 4. The van der Waals surface area contributed by atoms with Crippen LogP contribution in [-0.4, -0.2) is 64.6 Å². The molecule has 0 radical (unpaired) electrons. The maximum absolute atomic E-state index is 14.0. The third-order valence-electron chi connectivity index (χ3n) is 7.15. The molecule has 2 atom stereocenters. The van der Waals surface area contributed by atoms with Crippen molar-refractivity contribution in [3.8, 4) is 0 Å². The Hall–Kier alpha value is -3.62. The predicted molar refractivity (Wildman–Crippen MR) is 128 cm³/mol. The van der Waals surface area contributed by atoms with Crippen molar-refractivity contribution in [1.82, 2.24) is 20.1 Å². The lowest BCUT2D eigenvalue weighted by atomic mass is 9.67. The van der Waals surface area contributed by atoms with Crippen LogP contribution >= 0.6 is 0 Å². The fraction of sp³-hybridized carbons (Fsp3) is 0.423. The predicted octanol–water partition coefficient (Wildman–Crippen LogP) is 2.61. The lowest BCUT2D eigenvalue weighted by Gasteiger charge is -2.41. The van der Waals surface area contributed by atoms with E-state index in [1.54, 1.807) is 18.7 Å². The van der Waals surface area contributed by atoms with Crippen LogP contribution in [0.4, 0.5) is 4.39 Å². The molecule has 35 heavy (non-hydrogen) atoms. The van der Waals surface area contributed by atoms with Gasteiger partial charge in [-0.05, 0) is 36.5 Å². The number of halogens is 1. The van der Waals surface area contributed by atoms with Crippen molar-refractivity contribution in [3.63, 3.8) is 0 Å². The lowest BCUT2D eigenvalue weighted by Crippen LogP contribution is -2.55. The number of likely N-dealkylation sites (N-methyl/N-ethyl adjacent to an activating group) is 1. The normalized spacial score (nSPS) is 20.4. The summed E-state index contributed by atoms with van der Waals surface area (Å²) in [6.07, 6.45) is 1.98. The van der Waals surface area contributed by atoms with Gasteiger partial charge in [-0.2, -0.15) is 0 Å². The van der Waals surface area contributed by atoms with Crippen LogP contribution in [0.2, 0.25) is 0 Å². The van der Waals surface area contributed by atoms with Gasteiger partial charge in [0, 0.05) is 27.8 Å². The van der Waals surface area contributed by atoms with Crippen molar-refractivity contribution in [2.45, 2.75) is 38.6 Å². The fourth-order valence-corrected chi connectivity index (χ4v) is 5.20. The number of likely N-dealkylation sites (tertiary alicyclic amines) is 2. The average Bonchev–Trinajstić information content (AvgIpc) is 3.03. The van der Waals surface area contributed by atoms with E-state index in [1.165, 1.54) is 24.2 Å². The van der Waals surface area contributed by atoms with E-state index in [0.29, 0.717) is 12.8 Å². The number of hydrogen-bond donors (Lipinski definition) is 1. The number of rotatable bonds is 5. The Morgan fingerprint density at radius 2 is 1.77 bits per heavy atom. The van der Waals surface area contributed by atoms with E-state index in [1.807, 2.05) is 30.3 Å². The molecule has 4 rings (SSSR count). The molecule has 0 bridgehead atoms. The summed E-state index contributed by atoms with van der Waals surface area (Å²) in [7, 11) is 1.51. The highest BCUT2D eigenvalue weighted by Gasteiger charge is 2.59. The van der Waals surface area contributed by atoms with Gasteiger partial charge in [0.15, 0.2) is 11.5 Å². The summed E-state index contributed by atoms with van der Waals surface area (Å²) in [6.45, 7) is 4.13. The van der Waals surface area contributed by atoms with Crippen molar-refractivity contribution >= 4 is 23.6 Å². The first-order valence-corrected chi connectivity index (χ1v) is 11.7. The second-order valence-corrected chi connectivity index (χ2v) is 9.56. The Morgan fingerprint density at radius 1 is 1.11 bits per heavy atom. The summed E-state index contributed by atoms with van der Waals surface area (Å²) in [4.78, 5) is 58.9. The van der Waals surface area contributed by atoms with Crippen LogP contribution in [0.25, 0.3) is 0 Å². The molecule has 1 aromatic heterocycles. The van der Waals surface area contributed by atoms with Gasteiger partial charge in [-0.1, -0.05) is 44.2 Å². The maximum Gasteiger partial charge on any atom is 0.273 e. The summed E-state index contributed by atoms with van der Waals surface area (Å²) in [5.74, 6) is -3.13. The first-order chi connectivity index (χ1) is 16.7. The van der Waals surface area contributed by atoms with Gasteiger partial charge in [0.1, 0.15) is 6.04 Å². The highest BCUT2D eigenvalue weighted by Crippen LogP contribution is 2.51. The Balaban J connectivity index is 0.00000361. The number of carbonyl (C=O) groups is 4. The number of aromatic nitrogens is 1. The number of piperidine rings is 1. The summed E-state index contributed by atoms with van der Waals surface area (Å²) in [5, 5.41) is 2.63. The van der Waals surface area contributed by atoms with Crippen LogP contribution in [0.1, 0.15) is 50.1 Å². The first-order valence-electron chi connectivity index (χ1n) is 11.7. The highest BCUT2D eigenvalue weighted by molar-refractivity contribution is 6.10. The second-order valence-electron chi connectivity index (χ2n) is 9.56. The minimum Gasteiger partial charge on any atom is -0.341 e. The van der Waals surface area contributed by atoms with Gasteiger partial charge in [0.2, 0.25) is 17.7 Å². The van der Waals surface area contributed by atoms with Crippen molar-refractivity contribution in [1.29, 1.82) is 0 Å². The van der Waals surface area contributed by atoms with Gasteiger partial charge in [0.25, 0.3) is 5.91 Å². The van der Waals surface area contributed by atoms with Crippen LogP contribution in [0, 0.1) is 17.2 Å². The highest BCUT2D eigenvalue weighted by atomic mass is 19.1. The van der Waals surface area contributed by atoms with Gasteiger partial charge >= 0.3 is 0 Å². The molecule has 1 spiro atoms. The molecule has 1 aromatic carbocycles. The topological polar surface area (TPSA) is 99.7 Å². The minimum atomic E-state index is -0.905. The second kappa shape index (κ2) is 9.56. The summed E-state index contributed by atoms with van der Waals surface area (Å²) >= 11 is 0. The Morgan fingerprint density at radius 3 is 2.37 bits per heavy atom. The maximum atomic E-state index is 14.0. The van der Waals surface area contributed by atoms with Crippen LogP contribution in [0.5, 0.6) is 0 Å². The van der Waals surface area contributed by atoms with Crippen molar-refractivity contribution in [2.24, 2.45) is 11.3 Å². The molecule has 2 aliphatic rings. The number of amides is 4. The summed E-state index contributed by atoms with van der Waals surface area (Å²) in [6, 6.07) is 10.9. The number of pyridine rings is 1. The Labute approximate surface area is 205 Å². The smallest absolute Gasteiger partial charge is 0.273 e. The monoisotopic (exact) mass is 482 g/mol. The van der Waals surface area contributed by atoms with E-state index < -0.39 is 29.1 Å². The molecule has 1 unspecified atom stereocenters. The molecule has 2 aromatic rings. The standard InChI is InChI=1S/C26H29FN4O4.H2/c1-16(2)20(29-22(32)21-18(27)10-7-13-28-21)24(34)31-14-11-26(12-15-31)19(17-8-5-4-6-9-17)23(33)30(3)25(26)35;/h4-10,13,16,19-20H,11-12,14-15H2,1-3H3,(H,29,32);1H/t19?,20-;/m1./s1. The number of imide groups is 1. The van der Waals surface area contributed by atoms with Crippen LogP contribution in [0.15, 0.2) is 48.7 Å². The summed E-state index contributed by atoms with van der Waals surface area (Å²) in [5.41, 5.74) is -0.482. The first kappa shape index (κ1) is 24.5. The van der Waals surface area contributed by atoms with Crippen LogP contribution < -0.4 is 5.32 Å². The molecule has 186 valence electrons. The molecule has 2 saturated heterocycles. The van der Waals surface area contributed by atoms with E-state index in [2.05, 4.69) is 10.3 Å². The zero-order valence-corrected chi connectivity index (χ0v) is 20.0. The molecule has 2 fully saturated rings. The number of nitrogens with one attached hydrogen (secondary N) is 1. The molecule has 0 saturated carbocycles. The van der Waals surface area contributed by atoms with Crippen molar-refractivity contribution in [2.75, 3.05) is 20.1 Å². The molecule has 4 amide bonds. The van der Waals surface area contributed by atoms with E-state index in [9.17, 15) is 23.6 Å². The minimum absolute atomic E-state index is 0. The largest absolute Gasteiger partial charge is 0.341 e. The van der Waals surface area contributed by atoms with Gasteiger partial charge in [0.05, 0.1) is 11.3 Å². The molecule has 2 aliphatic heterocycles. The SMILES string of the molecule is CC(C)[C@@H](NC(=O)c1ncccc1F)C(=O)N1CCC2(CC1)C(=O)N(C)C(=O)C2c1ccccc1.[HH]. The lowest BCUT2D eigenvalue weighted by molar-refractivity contribution is -0.144. The third kappa shape index (κ3) is 4.31. The van der Waals surface area contributed by atoms with Gasteiger partial charge in [-0.25, -0.2) is 9.37 Å². The number of nitrogens with zero attached hydrogens (tertiary/aromatic N) is 3. The number of benzene rings is 1. The Kier molecular flexibility index (Phi) is 6.69. The van der Waals surface area contributed by atoms with E-state index in [0.717, 1.165) is 11.6 Å². The molecular weight excluding hydrogens is 451 g/mol. The Bertz CT molecular complexity index is 1150. The summed E-state index contributed by atoms with van der Waals surface area (Å²) < 4.78 is 14.0. The van der Waals surface area contributed by atoms with Gasteiger partial charge in [-0.15, -0.1) is 0 Å². The molecule has 3 heterocycles. The fourth-order valence-electron chi connectivity index (χ4n) is 5.20. The van der Waals surface area contributed by atoms with Crippen LogP contribution in [0.3, 0.4) is 0 Å². The van der Waals surface area contributed by atoms with Crippen molar-refractivity contribution in [3.05, 3.63) is 65.7 Å². The molecule has 9 heteroatoms. The van der Waals surface area contributed by atoms with Crippen molar-refractivity contribution < 1.29 is 25.0 Å². The zero-order chi connectivity index (χ0) is 25.3. The van der Waals surface area contributed by atoms with Gasteiger partial charge in [-0.3, -0.25) is 24.1 Å². The molecule has 8 nitrogen and oxygen atoms in total. The molecular formula is C26H31FN4O4. The van der Waals surface area contributed by atoms with Crippen LogP contribution in [-0.2, 0) is 14.4 Å². The third-order valence-corrected chi connectivity index (χ3v) is 7.15. The zero-order valence-electron chi connectivity index (χ0n) is 20.0. The molecule has 0 aliphatic carbocycles. The van der Waals surface area contributed by atoms with Gasteiger partial charge < -0.3 is 10.2 Å². The van der Waals surface area contributed by atoms with E-state index in [-0.39, 0.29) is 43.8 Å². The van der Waals surface area contributed by atoms with E-state index >= 15 is 0 Å². The number of hydrogen-bond acceptors (Lipinski definition) is 5. The molecule has 1 N–H and O–H groups in total.